The van der Waals surface area contributed by atoms with Crippen LogP contribution in [0.4, 0.5) is 10.3 Å². The zero-order chi connectivity index (χ0) is 18.7. The summed E-state index contributed by atoms with van der Waals surface area (Å²) in [6, 6.07) is 5.68. The highest BCUT2D eigenvalue weighted by atomic mass is 19.1. The second-order valence-corrected chi connectivity index (χ2v) is 7.15. The maximum atomic E-state index is 12.9. The summed E-state index contributed by atoms with van der Waals surface area (Å²) >= 11 is 0. The van der Waals surface area contributed by atoms with Gasteiger partial charge in [0.1, 0.15) is 5.82 Å². The molecular formula is C18H26FN6O+. The molecule has 3 rings (SSSR count). The number of Topliss-reactive ketones (excluding diaryl/α,β-unsaturated/α-hetero) is 1. The first-order chi connectivity index (χ1) is 12.4. The van der Waals surface area contributed by atoms with E-state index in [1.54, 1.807) is 11.7 Å². The molecule has 0 saturated carbocycles. The molecule has 1 saturated heterocycles. The van der Waals surface area contributed by atoms with Crippen LogP contribution in [0, 0.1) is 5.82 Å². The van der Waals surface area contributed by atoms with Crippen molar-refractivity contribution >= 4 is 11.7 Å². The van der Waals surface area contributed by atoms with Gasteiger partial charge in [0.2, 0.25) is 5.95 Å². The molecule has 0 bridgehead atoms. The van der Waals surface area contributed by atoms with Crippen molar-refractivity contribution in [2.24, 2.45) is 12.9 Å². The first-order valence-electron chi connectivity index (χ1n) is 8.96. The minimum Gasteiger partial charge on any atom is -0.368 e. The van der Waals surface area contributed by atoms with Gasteiger partial charge >= 0.3 is 0 Å². The van der Waals surface area contributed by atoms with Crippen LogP contribution >= 0.6 is 0 Å². The standard InChI is InChI=1S/C18H26FN6O/c1-24-18(20)22-17(23-24)14-8-11-25(21,12-9-14)10-2-3-16(26)13-4-6-15(19)7-5-13/h4-7,14H,2-3,8-12,21H2,1H3,(H2,20,22,23)/q+1. The third-order valence-corrected chi connectivity index (χ3v) is 5.20. The molecule has 1 fully saturated rings. The van der Waals surface area contributed by atoms with Gasteiger partial charge < -0.3 is 5.73 Å². The Labute approximate surface area is 152 Å². The molecule has 2 aromatic rings. The first kappa shape index (κ1) is 18.5. The van der Waals surface area contributed by atoms with E-state index < -0.39 is 0 Å². The number of halogens is 1. The summed E-state index contributed by atoms with van der Waals surface area (Å²) in [5.74, 6) is 7.69. The lowest BCUT2D eigenvalue weighted by atomic mass is 9.95. The molecule has 8 heteroatoms. The number of nitrogens with two attached hydrogens (primary N) is 2. The number of carbonyl (C=O) groups is 1. The van der Waals surface area contributed by atoms with Gasteiger partial charge in [-0.3, -0.25) is 4.79 Å². The van der Waals surface area contributed by atoms with Gasteiger partial charge in [-0.05, 0) is 24.3 Å². The Morgan fingerprint density at radius 3 is 2.54 bits per heavy atom. The number of aryl methyl sites for hydroxylation is 1. The lowest BCUT2D eigenvalue weighted by Gasteiger charge is -2.38. The molecule has 1 aromatic heterocycles. The third kappa shape index (κ3) is 4.25. The second kappa shape index (κ2) is 7.51. The van der Waals surface area contributed by atoms with Crippen LogP contribution in [-0.4, -0.2) is 44.8 Å². The number of nitrogens with zero attached hydrogens (tertiary/aromatic N) is 4. The van der Waals surface area contributed by atoms with Crippen molar-refractivity contribution in [1.82, 2.24) is 14.8 Å². The summed E-state index contributed by atoms with van der Waals surface area (Å²) in [5.41, 5.74) is 6.31. The smallest absolute Gasteiger partial charge is 0.218 e. The fourth-order valence-electron chi connectivity index (χ4n) is 3.49. The Kier molecular flexibility index (Phi) is 5.33. The maximum Gasteiger partial charge on any atom is 0.218 e. The van der Waals surface area contributed by atoms with Crippen LogP contribution in [0.5, 0.6) is 0 Å². The van der Waals surface area contributed by atoms with Gasteiger partial charge in [0, 0.05) is 44.2 Å². The predicted octanol–water partition coefficient (Wildman–Crippen LogP) is 1.77. The second-order valence-electron chi connectivity index (χ2n) is 7.15. The summed E-state index contributed by atoms with van der Waals surface area (Å²) in [7, 11) is 1.79. The Hall–Kier alpha value is -2.32. The van der Waals surface area contributed by atoms with Crippen LogP contribution in [0.1, 0.15) is 47.8 Å². The minimum atomic E-state index is -0.333. The van der Waals surface area contributed by atoms with Gasteiger partial charge in [-0.15, -0.1) is 0 Å². The van der Waals surface area contributed by atoms with Crippen molar-refractivity contribution in [2.75, 3.05) is 25.4 Å². The summed E-state index contributed by atoms with van der Waals surface area (Å²) in [6.07, 6.45) is 2.95. The number of aromatic nitrogens is 3. The molecule has 0 spiro atoms. The highest BCUT2D eigenvalue weighted by Gasteiger charge is 2.33. The fraction of sp³-hybridized carbons (Fsp3) is 0.500. The topological polar surface area (TPSA) is 99.8 Å². The van der Waals surface area contributed by atoms with Gasteiger partial charge in [0.05, 0.1) is 19.6 Å². The number of rotatable bonds is 6. The van der Waals surface area contributed by atoms with Gasteiger partial charge in [-0.25, -0.2) is 13.7 Å². The summed E-state index contributed by atoms with van der Waals surface area (Å²) in [4.78, 5) is 16.5. The molecule has 26 heavy (non-hydrogen) atoms. The van der Waals surface area contributed by atoms with E-state index in [4.69, 9.17) is 11.6 Å². The maximum absolute atomic E-state index is 12.9. The molecule has 1 aliphatic heterocycles. The monoisotopic (exact) mass is 361 g/mol. The van der Waals surface area contributed by atoms with Crippen LogP contribution < -0.4 is 11.6 Å². The molecule has 0 amide bonds. The minimum absolute atomic E-state index is 0.0275. The van der Waals surface area contributed by atoms with E-state index in [-0.39, 0.29) is 17.5 Å². The van der Waals surface area contributed by atoms with E-state index in [0.29, 0.717) is 28.9 Å². The average molecular weight is 361 g/mol. The number of likely N-dealkylation sites (tertiary alicyclic amines) is 1. The lowest BCUT2D eigenvalue weighted by molar-refractivity contribution is -0.944. The molecule has 1 aliphatic rings. The van der Waals surface area contributed by atoms with E-state index >= 15 is 0 Å². The van der Waals surface area contributed by atoms with Crippen molar-refractivity contribution in [3.8, 4) is 0 Å². The average Bonchev–Trinajstić information content (AvgIpc) is 2.95. The Bertz CT molecular complexity index is 745. The Balaban J connectivity index is 1.47. The molecule has 0 atom stereocenters. The van der Waals surface area contributed by atoms with Crippen LogP contribution in [-0.2, 0) is 7.05 Å². The quantitative estimate of drug-likeness (QED) is 0.464. The van der Waals surface area contributed by atoms with E-state index in [1.807, 2.05) is 0 Å². The van der Waals surface area contributed by atoms with Crippen molar-refractivity contribution < 1.29 is 13.8 Å². The zero-order valence-corrected chi connectivity index (χ0v) is 15.1. The Morgan fingerprint density at radius 1 is 1.31 bits per heavy atom. The first-order valence-corrected chi connectivity index (χ1v) is 8.96. The SMILES string of the molecule is Cn1nc(C2CC[N+](N)(CCCC(=O)c3ccc(F)cc3)CC2)nc1N. The van der Waals surface area contributed by atoms with Crippen LogP contribution in [0.15, 0.2) is 24.3 Å². The summed E-state index contributed by atoms with van der Waals surface area (Å²) in [6.45, 7) is 2.40. The largest absolute Gasteiger partial charge is 0.368 e. The lowest BCUT2D eigenvalue weighted by Crippen LogP contribution is -2.58. The highest BCUT2D eigenvalue weighted by Crippen LogP contribution is 2.28. The van der Waals surface area contributed by atoms with Gasteiger partial charge in [-0.2, -0.15) is 15.9 Å². The molecule has 0 unspecified atom stereocenters. The molecule has 1 aromatic carbocycles. The molecule has 4 N–H and O–H groups in total. The van der Waals surface area contributed by atoms with E-state index in [0.717, 1.165) is 38.3 Å². The molecule has 2 heterocycles. The van der Waals surface area contributed by atoms with Crippen molar-refractivity contribution in [3.63, 3.8) is 0 Å². The summed E-state index contributed by atoms with van der Waals surface area (Å²) < 4.78 is 15.0. The predicted molar refractivity (Wildman–Crippen MR) is 96.4 cm³/mol. The normalized spacial score (nSPS) is 23.1. The zero-order valence-electron chi connectivity index (χ0n) is 15.1. The van der Waals surface area contributed by atoms with Crippen LogP contribution in [0.25, 0.3) is 0 Å². The van der Waals surface area contributed by atoms with Crippen LogP contribution in [0.2, 0.25) is 0 Å². The third-order valence-electron chi connectivity index (χ3n) is 5.20. The number of benzene rings is 1. The number of nitrogen functional groups attached to an aromatic ring is 1. The number of carbonyl (C=O) groups excluding carboxylic acids is 1. The molecule has 0 aliphatic carbocycles. The van der Waals surface area contributed by atoms with Crippen molar-refractivity contribution in [1.29, 1.82) is 0 Å². The van der Waals surface area contributed by atoms with Gasteiger partial charge in [0.25, 0.3) is 0 Å². The van der Waals surface area contributed by atoms with Gasteiger partial charge in [0.15, 0.2) is 11.6 Å². The van der Waals surface area contributed by atoms with Crippen molar-refractivity contribution in [2.45, 2.75) is 31.6 Å². The highest BCUT2D eigenvalue weighted by molar-refractivity contribution is 5.95. The van der Waals surface area contributed by atoms with E-state index in [2.05, 4.69) is 10.1 Å². The molecule has 140 valence electrons. The molecular weight excluding hydrogens is 335 g/mol. The number of anilines is 1. The van der Waals surface area contributed by atoms with Crippen molar-refractivity contribution in [3.05, 3.63) is 41.5 Å². The number of ketones is 1. The Morgan fingerprint density at radius 2 is 1.96 bits per heavy atom. The molecule has 7 nitrogen and oxygen atoms in total. The number of piperidine rings is 1. The number of quaternary nitrogens is 1. The van der Waals surface area contributed by atoms with Crippen LogP contribution in [0.3, 0.4) is 0 Å². The van der Waals surface area contributed by atoms with Gasteiger partial charge in [-0.1, -0.05) is 0 Å². The fourth-order valence-corrected chi connectivity index (χ4v) is 3.49. The number of hydrogen-bond donors (Lipinski definition) is 2. The van der Waals surface area contributed by atoms with E-state index in [1.165, 1.54) is 24.3 Å². The van der Waals surface area contributed by atoms with E-state index in [9.17, 15) is 9.18 Å². The molecule has 0 radical (unpaired) electrons. The summed E-state index contributed by atoms with van der Waals surface area (Å²) in [5, 5.41) is 4.37. The number of hydrogen-bond acceptors (Lipinski definition) is 5.